The van der Waals surface area contributed by atoms with Crippen LogP contribution < -0.4 is 17.2 Å². The summed E-state index contributed by atoms with van der Waals surface area (Å²) in [6, 6.07) is 0. The summed E-state index contributed by atoms with van der Waals surface area (Å²) in [5.41, 5.74) is 15.4. The second kappa shape index (κ2) is 3.20. The van der Waals surface area contributed by atoms with Crippen molar-refractivity contribution in [3.05, 3.63) is 0 Å². The lowest BCUT2D eigenvalue weighted by Crippen LogP contribution is -2.05. The molecule has 0 radical (unpaired) electrons. The van der Waals surface area contributed by atoms with E-state index in [1.807, 2.05) is 0 Å². The molecule has 6 nitrogen and oxygen atoms in total. The van der Waals surface area contributed by atoms with E-state index in [9.17, 15) is 0 Å². The molecule has 0 bridgehead atoms. The van der Waals surface area contributed by atoms with E-state index in [1.165, 1.54) is 0 Å². The van der Waals surface area contributed by atoms with Crippen LogP contribution in [0.5, 0.6) is 0 Å². The molecule has 0 aliphatic carbocycles. The summed E-state index contributed by atoms with van der Waals surface area (Å²) >= 11 is 0. The summed E-state index contributed by atoms with van der Waals surface area (Å²) in [4.78, 5) is 10.5. The molecule has 0 atom stereocenters. The molecule has 1 heterocycles. The minimum absolute atomic E-state index is 0. The van der Waals surface area contributed by atoms with Crippen LogP contribution in [0.2, 0.25) is 0 Å². The first kappa shape index (κ1) is 8.94. The highest BCUT2D eigenvalue weighted by atomic mass is 27.0. The van der Waals surface area contributed by atoms with Crippen LogP contribution in [0.25, 0.3) is 0 Å². The first-order valence-electron chi connectivity index (χ1n) is 2.21. The molecule has 1 aromatic heterocycles. The van der Waals surface area contributed by atoms with Crippen LogP contribution in [0.1, 0.15) is 0 Å². The third kappa shape index (κ3) is 2.05. The Morgan fingerprint density at radius 3 is 1.10 bits per heavy atom. The normalized spacial score (nSPS) is 8.40. The first-order valence-corrected chi connectivity index (χ1v) is 2.21. The van der Waals surface area contributed by atoms with Gasteiger partial charge in [0.05, 0.1) is 0 Å². The lowest BCUT2D eigenvalue weighted by Gasteiger charge is -1.93. The molecule has 6 N–H and O–H groups in total. The van der Waals surface area contributed by atoms with Gasteiger partial charge in [0, 0.05) is 0 Å². The molecule has 0 unspecified atom stereocenters. The zero-order valence-electron chi connectivity index (χ0n) is 4.57. The van der Waals surface area contributed by atoms with Crippen LogP contribution in [-0.4, -0.2) is 32.3 Å². The molecule has 0 fully saturated rings. The van der Waals surface area contributed by atoms with E-state index in [1.54, 1.807) is 0 Å². The summed E-state index contributed by atoms with van der Waals surface area (Å²) in [5.74, 6) is 0.125. The van der Waals surface area contributed by atoms with E-state index in [2.05, 4.69) is 15.0 Å². The number of nitrogens with zero attached hydrogens (tertiary/aromatic N) is 3. The van der Waals surface area contributed by atoms with Crippen molar-refractivity contribution in [2.75, 3.05) is 17.2 Å². The number of nitrogens with two attached hydrogens (primary N) is 3. The SMILES string of the molecule is Nc1nc(N)nc(N)n1.[AlH3]. The molecule has 0 spiro atoms. The van der Waals surface area contributed by atoms with Crippen LogP contribution in [0.15, 0.2) is 0 Å². The fourth-order valence-corrected chi connectivity index (χ4v) is 0.427. The lowest BCUT2D eigenvalue weighted by atomic mass is 10.9. The van der Waals surface area contributed by atoms with Crippen LogP contribution in [0, 0.1) is 0 Å². The van der Waals surface area contributed by atoms with Gasteiger partial charge in [-0.2, -0.15) is 15.0 Å². The minimum atomic E-state index is 0. The Morgan fingerprint density at radius 1 is 0.700 bits per heavy atom. The monoisotopic (exact) mass is 156 g/mol. The molecule has 1 aromatic rings. The average Bonchev–Trinajstić information content (AvgIpc) is 1.59. The van der Waals surface area contributed by atoms with Crippen LogP contribution >= 0.6 is 0 Å². The highest BCUT2D eigenvalue weighted by molar-refractivity contribution is 5.75. The van der Waals surface area contributed by atoms with Gasteiger partial charge < -0.3 is 17.2 Å². The smallest absolute Gasteiger partial charge is 0.226 e. The highest BCUT2D eigenvalue weighted by Crippen LogP contribution is 1.97. The number of hydrogen-bond acceptors (Lipinski definition) is 6. The molecule has 7 heteroatoms. The van der Waals surface area contributed by atoms with Crippen molar-refractivity contribution in [3.63, 3.8) is 0 Å². The van der Waals surface area contributed by atoms with Crippen molar-refractivity contribution in [3.8, 4) is 0 Å². The van der Waals surface area contributed by atoms with Crippen LogP contribution in [0.3, 0.4) is 0 Å². The van der Waals surface area contributed by atoms with Gasteiger partial charge in [-0.25, -0.2) is 0 Å². The number of nitrogen functional groups attached to an aromatic ring is 3. The third-order valence-electron chi connectivity index (χ3n) is 0.687. The summed E-state index contributed by atoms with van der Waals surface area (Å²) in [6.07, 6.45) is 0. The highest BCUT2D eigenvalue weighted by Gasteiger charge is 1.93. The number of rotatable bonds is 0. The Morgan fingerprint density at radius 2 is 0.900 bits per heavy atom. The van der Waals surface area contributed by atoms with Gasteiger partial charge in [0.1, 0.15) is 0 Å². The van der Waals surface area contributed by atoms with Gasteiger partial charge in [-0.1, -0.05) is 0 Å². The summed E-state index contributed by atoms with van der Waals surface area (Å²) < 4.78 is 0. The van der Waals surface area contributed by atoms with Crippen LogP contribution in [-0.2, 0) is 0 Å². The third-order valence-corrected chi connectivity index (χ3v) is 0.687. The maximum atomic E-state index is 5.14. The zero-order valence-corrected chi connectivity index (χ0v) is 4.57. The Bertz CT molecular complexity index is 174. The Kier molecular flexibility index (Phi) is 2.86. The molecule has 0 amide bonds. The van der Waals surface area contributed by atoms with Crippen molar-refractivity contribution in [2.24, 2.45) is 0 Å². The van der Waals surface area contributed by atoms with E-state index >= 15 is 0 Å². The van der Waals surface area contributed by atoms with Gasteiger partial charge in [-0.3, -0.25) is 0 Å². The predicted molar refractivity (Wildman–Crippen MR) is 43.0 cm³/mol. The van der Waals surface area contributed by atoms with E-state index in [0.29, 0.717) is 0 Å². The van der Waals surface area contributed by atoms with E-state index in [0.717, 1.165) is 0 Å². The second-order valence-corrected chi connectivity index (χ2v) is 1.41. The van der Waals surface area contributed by atoms with Gasteiger partial charge in [0.2, 0.25) is 17.8 Å². The van der Waals surface area contributed by atoms with Crippen molar-refractivity contribution >= 4 is 35.2 Å². The number of aromatic nitrogens is 3. The summed E-state index contributed by atoms with van der Waals surface area (Å²) in [5, 5.41) is 0. The van der Waals surface area contributed by atoms with Gasteiger partial charge in [-0.15, -0.1) is 0 Å². The molecule has 54 valence electrons. The molecule has 0 aromatic carbocycles. The maximum Gasteiger partial charge on any atom is 0.226 e. The molecule has 0 aliphatic heterocycles. The van der Waals surface area contributed by atoms with Crippen molar-refractivity contribution in [1.29, 1.82) is 0 Å². The van der Waals surface area contributed by atoms with E-state index < -0.39 is 0 Å². The molecule has 0 aliphatic rings. The summed E-state index contributed by atoms with van der Waals surface area (Å²) in [7, 11) is 0. The lowest BCUT2D eigenvalue weighted by molar-refractivity contribution is 1.09. The zero-order chi connectivity index (χ0) is 6.85. The average molecular weight is 156 g/mol. The molecule has 1 rings (SSSR count). The fourth-order valence-electron chi connectivity index (χ4n) is 0.427. The second-order valence-electron chi connectivity index (χ2n) is 1.41. The quantitative estimate of drug-likeness (QED) is 0.355. The van der Waals surface area contributed by atoms with Gasteiger partial charge >= 0.3 is 0 Å². The Balaban J connectivity index is 0.000000810. The van der Waals surface area contributed by atoms with E-state index in [-0.39, 0.29) is 35.2 Å². The summed E-state index contributed by atoms with van der Waals surface area (Å²) in [6.45, 7) is 0. The number of hydrogen-bond donors (Lipinski definition) is 3. The topological polar surface area (TPSA) is 117 Å². The van der Waals surface area contributed by atoms with E-state index in [4.69, 9.17) is 17.2 Å². The maximum absolute atomic E-state index is 5.14. The molecular weight excluding hydrogens is 147 g/mol. The Hall–Kier alpha value is -1.06. The number of anilines is 3. The standard InChI is InChI=1S/C3H6N6.Al.3H/c4-1-7-2(5)9-3(6)8-1;;;;/h(H6,4,5,6,7,8,9);;;;. The van der Waals surface area contributed by atoms with Crippen molar-refractivity contribution < 1.29 is 0 Å². The van der Waals surface area contributed by atoms with Gasteiger partial charge in [0.25, 0.3) is 0 Å². The van der Waals surface area contributed by atoms with Crippen molar-refractivity contribution in [2.45, 2.75) is 0 Å². The molecule has 10 heavy (non-hydrogen) atoms. The molecular formula is C3H9AlN6. The minimum Gasteiger partial charge on any atom is -0.368 e. The van der Waals surface area contributed by atoms with Crippen LogP contribution in [0.4, 0.5) is 17.8 Å². The molecule has 0 saturated carbocycles. The predicted octanol–water partition coefficient (Wildman–Crippen LogP) is -2.57. The van der Waals surface area contributed by atoms with Gasteiger partial charge in [0.15, 0.2) is 17.4 Å². The molecule has 0 saturated heterocycles. The Labute approximate surface area is 68.0 Å². The van der Waals surface area contributed by atoms with Crippen molar-refractivity contribution in [1.82, 2.24) is 15.0 Å². The fraction of sp³-hybridized carbons (Fsp3) is 0. The largest absolute Gasteiger partial charge is 0.368 e. The van der Waals surface area contributed by atoms with Gasteiger partial charge in [-0.05, 0) is 0 Å². The first-order chi connectivity index (χ1) is 4.18.